The molecule has 2 atom stereocenters. The lowest BCUT2D eigenvalue weighted by atomic mass is 10.2. The van der Waals surface area contributed by atoms with Crippen molar-refractivity contribution in [3.63, 3.8) is 0 Å². The van der Waals surface area contributed by atoms with Crippen molar-refractivity contribution in [3.05, 3.63) is 35.9 Å². The average Bonchev–Trinajstić information content (AvgIpc) is 2.60. The van der Waals surface area contributed by atoms with E-state index >= 15 is 0 Å². The fourth-order valence-corrected chi connectivity index (χ4v) is 2.60. The van der Waals surface area contributed by atoms with E-state index in [9.17, 15) is 9.18 Å². The number of carbonyl (C=O) groups excluding carboxylic acids is 1. The maximum atomic E-state index is 12.9. The number of hydrogen-bond donors (Lipinski definition) is 0. The summed E-state index contributed by atoms with van der Waals surface area (Å²) >= 11 is 1.07. The molecule has 0 N–H and O–H groups in total. The fourth-order valence-electron chi connectivity index (χ4n) is 1.60. The molecule has 0 radical (unpaired) electrons. The Morgan fingerprint density at radius 1 is 1.38 bits per heavy atom. The predicted octanol–water partition coefficient (Wildman–Crippen LogP) is 2.57. The van der Waals surface area contributed by atoms with Crippen LogP contribution in [0.4, 0.5) is 4.39 Å². The summed E-state index contributed by atoms with van der Waals surface area (Å²) in [4.78, 5) is 11.0. The molecule has 2 rings (SSSR count). The van der Waals surface area contributed by atoms with Crippen LogP contribution in [0.3, 0.4) is 0 Å². The number of hydrogen-bond acceptors (Lipinski definition) is 3. The van der Waals surface area contributed by atoms with Gasteiger partial charge in [-0.15, -0.1) is 0 Å². The third-order valence-electron chi connectivity index (χ3n) is 2.42. The molecule has 1 aromatic rings. The molecule has 0 bridgehead atoms. The Balaban J connectivity index is 1.71. The average molecular weight is 240 g/mol. The van der Waals surface area contributed by atoms with Crippen molar-refractivity contribution in [3.8, 4) is 0 Å². The van der Waals surface area contributed by atoms with Gasteiger partial charge in [0, 0.05) is 11.7 Å². The molecule has 0 spiro atoms. The Bertz CT molecular complexity index is 355. The number of alkyl halides is 1. The Morgan fingerprint density at radius 3 is 2.75 bits per heavy atom. The van der Waals surface area contributed by atoms with Crippen molar-refractivity contribution >= 4 is 16.9 Å². The van der Waals surface area contributed by atoms with Crippen molar-refractivity contribution < 1.29 is 13.9 Å². The number of ether oxygens (including phenoxy) is 1. The highest BCUT2D eigenvalue weighted by Gasteiger charge is 2.33. The number of benzene rings is 1. The molecule has 1 aliphatic heterocycles. The number of thioether (sulfide) groups is 1. The highest BCUT2D eigenvalue weighted by molar-refractivity contribution is 8.14. The van der Waals surface area contributed by atoms with Crippen LogP contribution in [0.5, 0.6) is 0 Å². The van der Waals surface area contributed by atoms with Crippen LogP contribution in [0.15, 0.2) is 30.3 Å². The van der Waals surface area contributed by atoms with Gasteiger partial charge >= 0.3 is 0 Å². The maximum absolute atomic E-state index is 12.9. The minimum Gasteiger partial charge on any atom is -0.376 e. The summed E-state index contributed by atoms with van der Waals surface area (Å²) in [6.45, 7) is 0.953. The zero-order valence-corrected chi connectivity index (χ0v) is 9.58. The molecule has 16 heavy (non-hydrogen) atoms. The molecule has 1 aliphatic rings. The monoisotopic (exact) mass is 240 g/mol. The number of carbonyl (C=O) groups is 1. The lowest BCUT2D eigenvalue weighted by molar-refractivity contribution is -0.114. The SMILES string of the molecule is O=C1S[C@H](COCc2ccccc2)C[C@@H]1F. The van der Waals surface area contributed by atoms with Crippen LogP contribution >= 0.6 is 11.8 Å². The molecule has 0 aliphatic carbocycles. The molecular weight excluding hydrogens is 227 g/mol. The van der Waals surface area contributed by atoms with E-state index in [4.69, 9.17) is 4.74 Å². The van der Waals surface area contributed by atoms with Crippen LogP contribution in [-0.4, -0.2) is 23.1 Å². The molecule has 4 heteroatoms. The summed E-state index contributed by atoms with van der Waals surface area (Å²) in [7, 11) is 0. The van der Waals surface area contributed by atoms with Crippen molar-refractivity contribution in [1.29, 1.82) is 0 Å². The molecule has 0 unspecified atom stereocenters. The summed E-state index contributed by atoms with van der Waals surface area (Å²) < 4.78 is 18.4. The van der Waals surface area contributed by atoms with Gasteiger partial charge in [0.2, 0.25) is 5.12 Å². The van der Waals surface area contributed by atoms with Gasteiger partial charge in [0.25, 0.3) is 0 Å². The summed E-state index contributed by atoms with van der Waals surface area (Å²) in [5, 5.41) is -0.375. The summed E-state index contributed by atoms with van der Waals surface area (Å²) in [5.74, 6) is 0. The van der Waals surface area contributed by atoms with Crippen LogP contribution in [0, 0.1) is 0 Å². The van der Waals surface area contributed by atoms with Gasteiger partial charge in [-0.2, -0.15) is 0 Å². The van der Waals surface area contributed by atoms with Crippen LogP contribution < -0.4 is 0 Å². The van der Waals surface area contributed by atoms with E-state index in [1.54, 1.807) is 0 Å². The van der Waals surface area contributed by atoms with Crippen LogP contribution in [0.1, 0.15) is 12.0 Å². The second-order valence-electron chi connectivity index (χ2n) is 3.76. The second-order valence-corrected chi connectivity index (χ2v) is 5.07. The van der Waals surface area contributed by atoms with Crippen LogP contribution in [-0.2, 0) is 16.1 Å². The third kappa shape index (κ3) is 3.06. The minimum absolute atomic E-state index is 0.0220. The topological polar surface area (TPSA) is 26.3 Å². The van der Waals surface area contributed by atoms with Crippen molar-refractivity contribution in [2.45, 2.75) is 24.4 Å². The summed E-state index contributed by atoms with van der Waals surface area (Å²) in [6.07, 6.45) is -1.01. The Kier molecular flexibility index (Phi) is 3.96. The molecule has 1 fully saturated rings. The van der Waals surface area contributed by atoms with Gasteiger partial charge in [0.05, 0.1) is 13.2 Å². The van der Waals surface area contributed by atoms with Gasteiger partial charge in [-0.3, -0.25) is 4.79 Å². The standard InChI is InChI=1S/C12H13FO2S/c13-11-6-10(16-12(11)14)8-15-7-9-4-2-1-3-5-9/h1-5,10-11H,6-8H2/t10-,11-/m0/s1. The van der Waals surface area contributed by atoms with E-state index in [-0.39, 0.29) is 16.8 Å². The molecule has 1 saturated heterocycles. The van der Waals surface area contributed by atoms with Crippen molar-refractivity contribution in [1.82, 2.24) is 0 Å². The van der Waals surface area contributed by atoms with Gasteiger partial charge in [-0.05, 0) is 5.56 Å². The normalized spacial score (nSPS) is 24.9. The van der Waals surface area contributed by atoms with Crippen molar-refractivity contribution in [2.75, 3.05) is 6.61 Å². The first-order valence-electron chi connectivity index (χ1n) is 5.22. The lowest BCUT2D eigenvalue weighted by Gasteiger charge is -2.08. The second kappa shape index (κ2) is 5.46. The maximum Gasteiger partial charge on any atom is 0.223 e. The highest BCUT2D eigenvalue weighted by Crippen LogP contribution is 2.30. The quantitative estimate of drug-likeness (QED) is 0.809. The molecule has 86 valence electrons. The van der Waals surface area contributed by atoms with Gasteiger partial charge in [-0.1, -0.05) is 42.1 Å². The summed E-state index contributed by atoms with van der Waals surface area (Å²) in [5.41, 5.74) is 1.09. The molecule has 1 aromatic carbocycles. The highest BCUT2D eigenvalue weighted by atomic mass is 32.2. The summed E-state index contributed by atoms with van der Waals surface area (Å²) in [6, 6.07) is 9.80. The zero-order valence-electron chi connectivity index (χ0n) is 8.77. The Labute approximate surface area is 98.2 Å². The molecule has 0 saturated carbocycles. The Morgan fingerprint density at radius 2 is 2.12 bits per heavy atom. The van der Waals surface area contributed by atoms with Crippen molar-refractivity contribution in [2.24, 2.45) is 0 Å². The van der Waals surface area contributed by atoms with E-state index in [1.807, 2.05) is 30.3 Å². The van der Waals surface area contributed by atoms with Crippen LogP contribution in [0.25, 0.3) is 0 Å². The molecule has 0 aromatic heterocycles. The third-order valence-corrected chi connectivity index (χ3v) is 3.57. The van der Waals surface area contributed by atoms with E-state index in [1.165, 1.54) is 0 Å². The first-order valence-corrected chi connectivity index (χ1v) is 6.10. The Hall–Kier alpha value is -0.870. The van der Waals surface area contributed by atoms with Gasteiger partial charge in [-0.25, -0.2) is 4.39 Å². The zero-order chi connectivity index (χ0) is 11.4. The molecular formula is C12H13FO2S. The van der Waals surface area contributed by atoms with Gasteiger partial charge in [0.15, 0.2) is 6.17 Å². The molecule has 0 amide bonds. The van der Waals surface area contributed by atoms with Crippen LogP contribution in [0.2, 0.25) is 0 Å². The fraction of sp³-hybridized carbons (Fsp3) is 0.417. The van der Waals surface area contributed by atoms with E-state index < -0.39 is 6.17 Å². The van der Waals surface area contributed by atoms with E-state index in [0.717, 1.165) is 17.3 Å². The van der Waals surface area contributed by atoms with E-state index in [0.29, 0.717) is 13.2 Å². The molecule has 2 nitrogen and oxygen atoms in total. The van der Waals surface area contributed by atoms with Gasteiger partial charge in [0.1, 0.15) is 0 Å². The van der Waals surface area contributed by atoms with Gasteiger partial charge < -0.3 is 4.74 Å². The smallest absolute Gasteiger partial charge is 0.223 e. The lowest BCUT2D eigenvalue weighted by Crippen LogP contribution is -2.10. The molecule has 1 heterocycles. The minimum atomic E-state index is -1.30. The first kappa shape index (κ1) is 11.6. The number of halogens is 1. The largest absolute Gasteiger partial charge is 0.376 e. The van der Waals surface area contributed by atoms with E-state index in [2.05, 4.69) is 0 Å². The first-order chi connectivity index (χ1) is 7.75. The number of rotatable bonds is 4. The predicted molar refractivity (Wildman–Crippen MR) is 62.0 cm³/mol.